The monoisotopic (exact) mass is 464 g/mol. The summed E-state index contributed by atoms with van der Waals surface area (Å²) in [5.41, 5.74) is 2.64. The number of carbonyl (C=O) groups is 1. The summed E-state index contributed by atoms with van der Waals surface area (Å²) in [7, 11) is -3.34. The first-order valence-electron chi connectivity index (χ1n) is 10.4. The van der Waals surface area contributed by atoms with Gasteiger partial charge in [0.1, 0.15) is 0 Å². The maximum Gasteiger partial charge on any atom is 0.233 e. The number of sulfone groups is 1. The van der Waals surface area contributed by atoms with Crippen molar-refractivity contribution in [2.75, 3.05) is 4.90 Å². The Morgan fingerprint density at radius 2 is 1.56 bits per heavy atom. The number of thiazole rings is 1. The molecule has 0 aliphatic rings. The highest BCUT2D eigenvalue weighted by atomic mass is 32.2. The summed E-state index contributed by atoms with van der Waals surface area (Å²) in [4.78, 5) is 20.0. The largest absolute Gasteiger partial charge is 0.283 e. The fourth-order valence-electron chi connectivity index (χ4n) is 3.34. The molecule has 0 unspecified atom stereocenters. The highest BCUT2D eigenvalue weighted by Gasteiger charge is 2.22. The van der Waals surface area contributed by atoms with Crippen LogP contribution in [-0.4, -0.2) is 24.6 Å². The zero-order chi connectivity index (χ0) is 22.7. The molecule has 4 aromatic rings. The third-order valence-corrected chi connectivity index (χ3v) is 8.46. The van der Waals surface area contributed by atoms with E-state index in [1.807, 2.05) is 54.6 Å². The van der Waals surface area contributed by atoms with Gasteiger partial charge in [-0.15, -0.1) is 0 Å². The molecular formula is C25H24N2O3S2. The molecule has 4 rings (SSSR count). The molecule has 0 saturated heterocycles. The lowest BCUT2D eigenvalue weighted by Crippen LogP contribution is -2.31. The highest BCUT2D eigenvalue weighted by molar-refractivity contribution is 7.92. The van der Waals surface area contributed by atoms with Crippen molar-refractivity contribution in [3.05, 3.63) is 90.0 Å². The molecule has 32 heavy (non-hydrogen) atoms. The van der Waals surface area contributed by atoms with Gasteiger partial charge in [0.05, 0.1) is 33.3 Å². The van der Waals surface area contributed by atoms with Gasteiger partial charge < -0.3 is 0 Å². The van der Waals surface area contributed by atoms with Crippen LogP contribution < -0.4 is 4.90 Å². The predicted octanol–water partition coefficient (Wildman–Crippen LogP) is 5.25. The molecule has 1 amide bonds. The van der Waals surface area contributed by atoms with Gasteiger partial charge in [0, 0.05) is 0 Å². The number of nitrogens with zero attached hydrogens (tertiary/aromatic N) is 2. The van der Waals surface area contributed by atoms with Crippen LogP contribution in [0.4, 0.5) is 5.13 Å². The Labute approximate surface area is 192 Å². The van der Waals surface area contributed by atoms with Crippen molar-refractivity contribution in [3.8, 4) is 0 Å². The first-order chi connectivity index (χ1) is 15.3. The van der Waals surface area contributed by atoms with Gasteiger partial charge in [-0.2, -0.15) is 0 Å². The second-order valence-corrected chi connectivity index (χ2v) is 11.4. The zero-order valence-electron chi connectivity index (χ0n) is 17.9. The Morgan fingerprint density at radius 1 is 0.906 bits per heavy atom. The standard InChI is InChI=1S/C25H24N2O3S2/c1-18(2)32(29,30)21-14-12-19(13-15-21)16-24(28)27(17-20-8-4-3-5-9-20)25-26-22-10-6-7-11-23(22)31-25/h3-15,18H,16-17H2,1-2H3. The average Bonchev–Trinajstić information content (AvgIpc) is 3.22. The lowest BCUT2D eigenvalue weighted by Gasteiger charge is -2.20. The molecule has 0 saturated carbocycles. The van der Waals surface area contributed by atoms with Crippen molar-refractivity contribution in [2.45, 2.75) is 37.0 Å². The van der Waals surface area contributed by atoms with Gasteiger partial charge in [-0.1, -0.05) is 65.9 Å². The molecule has 0 aliphatic carbocycles. The van der Waals surface area contributed by atoms with Gasteiger partial charge in [-0.3, -0.25) is 9.69 Å². The van der Waals surface area contributed by atoms with Gasteiger partial charge in [-0.25, -0.2) is 13.4 Å². The van der Waals surface area contributed by atoms with E-state index in [9.17, 15) is 13.2 Å². The van der Waals surface area contributed by atoms with Gasteiger partial charge in [-0.05, 0) is 49.2 Å². The minimum atomic E-state index is -3.34. The van der Waals surface area contributed by atoms with Crippen molar-refractivity contribution >= 4 is 42.4 Å². The molecule has 0 radical (unpaired) electrons. The normalized spacial score (nSPS) is 11.7. The van der Waals surface area contributed by atoms with Crippen LogP contribution >= 0.6 is 11.3 Å². The summed E-state index contributed by atoms with van der Waals surface area (Å²) in [6, 6.07) is 24.2. The number of para-hydroxylation sites is 1. The van der Waals surface area contributed by atoms with Crippen molar-refractivity contribution in [3.63, 3.8) is 0 Å². The molecule has 7 heteroatoms. The summed E-state index contributed by atoms with van der Waals surface area (Å²) >= 11 is 1.49. The van der Waals surface area contributed by atoms with Crippen LogP contribution in [0.3, 0.4) is 0 Å². The summed E-state index contributed by atoms with van der Waals surface area (Å²) in [5, 5.41) is 0.162. The summed E-state index contributed by atoms with van der Waals surface area (Å²) in [5.74, 6) is -0.0904. The topological polar surface area (TPSA) is 67.3 Å². The SMILES string of the molecule is CC(C)S(=O)(=O)c1ccc(CC(=O)N(Cc2ccccc2)c2nc3ccccc3s2)cc1. The number of benzene rings is 3. The molecule has 0 fully saturated rings. The van der Waals surface area contributed by atoms with E-state index in [0.717, 1.165) is 21.3 Å². The zero-order valence-corrected chi connectivity index (χ0v) is 19.6. The molecule has 0 bridgehead atoms. The molecule has 3 aromatic carbocycles. The molecule has 5 nitrogen and oxygen atoms in total. The molecule has 0 spiro atoms. The molecule has 164 valence electrons. The molecule has 0 N–H and O–H groups in total. The number of hydrogen-bond acceptors (Lipinski definition) is 5. The number of aromatic nitrogens is 1. The van der Waals surface area contributed by atoms with Crippen LogP contribution in [0.2, 0.25) is 0 Å². The minimum absolute atomic E-state index is 0.0904. The quantitative estimate of drug-likeness (QED) is 0.374. The van der Waals surface area contributed by atoms with Crippen molar-refractivity contribution in [2.24, 2.45) is 0 Å². The second kappa shape index (κ2) is 9.22. The van der Waals surface area contributed by atoms with Gasteiger partial charge in [0.2, 0.25) is 5.91 Å². The number of carbonyl (C=O) groups excluding carboxylic acids is 1. The van der Waals surface area contributed by atoms with Crippen molar-refractivity contribution in [1.29, 1.82) is 0 Å². The number of anilines is 1. The predicted molar refractivity (Wildman–Crippen MR) is 130 cm³/mol. The second-order valence-electron chi connectivity index (χ2n) is 7.84. The van der Waals surface area contributed by atoms with Crippen molar-refractivity contribution in [1.82, 2.24) is 4.98 Å². The third-order valence-electron chi connectivity index (χ3n) is 5.23. The summed E-state index contributed by atoms with van der Waals surface area (Å²) in [6.07, 6.45) is 0.158. The van der Waals surface area contributed by atoms with E-state index in [-0.39, 0.29) is 17.2 Å². The van der Waals surface area contributed by atoms with Crippen LogP contribution in [0.25, 0.3) is 10.2 Å². The highest BCUT2D eigenvalue weighted by Crippen LogP contribution is 2.30. The molecular weight excluding hydrogens is 440 g/mol. The minimum Gasteiger partial charge on any atom is -0.283 e. The fourth-order valence-corrected chi connectivity index (χ4v) is 5.39. The maximum atomic E-state index is 13.4. The van der Waals surface area contributed by atoms with E-state index >= 15 is 0 Å². The average molecular weight is 465 g/mol. The van der Waals surface area contributed by atoms with E-state index in [4.69, 9.17) is 0 Å². The van der Waals surface area contributed by atoms with E-state index < -0.39 is 15.1 Å². The Hall–Kier alpha value is -3.03. The molecule has 0 atom stereocenters. The van der Waals surface area contributed by atoms with Crippen LogP contribution in [0, 0.1) is 0 Å². The lowest BCUT2D eigenvalue weighted by atomic mass is 10.1. The first-order valence-corrected chi connectivity index (χ1v) is 12.7. The third kappa shape index (κ3) is 4.74. The number of hydrogen-bond donors (Lipinski definition) is 0. The van der Waals surface area contributed by atoms with Gasteiger partial charge >= 0.3 is 0 Å². The van der Waals surface area contributed by atoms with E-state index in [0.29, 0.717) is 11.7 Å². The Morgan fingerprint density at radius 3 is 2.22 bits per heavy atom. The van der Waals surface area contributed by atoms with E-state index in [2.05, 4.69) is 4.98 Å². The number of fused-ring (bicyclic) bond motifs is 1. The molecule has 0 aliphatic heterocycles. The number of rotatable bonds is 7. The fraction of sp³-hybridized carbons (Fsp3) is 0.200. The van der Waals surface area contributed by atoms with Crippen LogP contribution in [0.15, 0.2) is 83.8 Å². The maximum absolute atomic E-state index is 13.4. The Balaban J connectivity index is 1.61. The van der Waals surface area contributed by atoms with Crippen molar-refractivity contribution < 1.29 is 13.2 Å². The van der Waals surface area contributed by atoms with Crippen LogP contribution in [0.5, 0.6) is 0 Å². The van der Waals surface area contributed by atoms with E-state index in [1.165, 1.54) is 11.3 Å². The van der Waals surface area contributed by atoms with Gasteiger partial charge in [0.25, 0.3) is 0 Å². The van der Waals surface area contributed by atoms with Gasteiger partial charge in [0.15, 0.2) is 15.0 Å². The smallest absolute Gasteiger partial charge is 0.233 e. The molecule has 1 aromatic heterocycles. The summed E-state index contributed by atoms with van der Waals surface area (Å²) in [6.45, 7) is 3.73. The molecule has 1 heterocycles. The lowest BCUT2D eigenvalue weighted by molar-refractivity contribution is -0.118. The summed E-state index contributed by atoms with van der Waals surface area (Å²) < 4.78 is 25.8. The first kappa shape index (κ1) is 22.2. The van der Waals surface area contributed by atoms with E-state index in [1.54, 1.807) is 43.0 Å². The van der Waals surface area contributed by atoms with Crippen LogP contribution in [0.1, 0.15) is 25.0 Å². The van der Waals surface area contributed by atoms with Crippen LogP contribution in [-0.2, 0) is 27.6 Å². The Bertz CT molecular complexity index is 1300. The Kier molecular flexibility index (Phi) is 6.39. The number of amides is 1.